The summed E-state index contributed by atoms with van der Waals surface area (Å²) < 4.78 is 12.9. The van der Waals surface area contributed by atoms with E-state index in [1.54, 1.807) is 12.1 Å². The molecule has 1 N–H and O–H groups in total. The van der Waals surface area contributed by atoms with E-state index in [9.17, 15) is 4.39 Å². The van der Waals surface area contributed by atoms with Gasteiger partial charge >= 0.3 is 0 Å². The van der Waals surface area contributed by atoms with Gasteiger partial charge in [-0.25, -0.2) is 4.39 Å². The van der Waals surface area contributed by atoms with Gasteiger partial charge in [0.1, 0.15) is 5.82 Å². The van der Waals surface area contributed by atoms with Crippen molar-refractivity contribution in [3.8, 4) is 0 Å². The molecular formula is C10H10FN. The Balaban J connectivity index is 2.62. The Morgan fingerprint density at radius 2 is 2.25 bits per heavy atom. The average molecular weight is 163 g/mol. The number of hydrogen-bond donors (Lipinski definition) is 1. The molecule has 0 bridgehead atoms. The van der Waals surface area contributed by atoms with Crippen molar-refractivity contribution in [3.05, 3.63) is 35.2 Å². The molecule has 62 valence electrons. The normalized spacial score (nSPS) is 13.8. The standard InChI is InChI=1S/C10H10FN/c1-7-5-9(11)6-8-3-2-4-12-10(7)8/h2-3,5-6,12H,4H2,1H3. The highest BCUT2D eigenvalue weighted by molar-refractivity contribution is 5.72. The van der Waals surface area contributed by atoms with Gasteiger partial charge in [0.2, 0.25) is 0 Å². The Labute approximate surface area is 70.9 Å². The van der Waals surface area contributed by atoms with E-state index in [4.69, 9.17) is 0 Å². The molecule has 0 atom stereocenters. The molecule has 1 aliphatic rings. The lowest BCUT2D eigenvalue weighted by Crippen LogP contribution is -2.06. The van der Waals surface area contributed by atoms with Gasteiger partial charge in [0, 0.05) is 17.8 Å². The van der Waals surface area contributed by atoms with Crippen LogP contribution in [0.2, 0.25) is 0 Å². The van der Waals surface area contributed by atoms with E-state index in [0.29, 0.717) is 0 Å². The molecule has 1 aliphatic heterocycles. The van der Waals surface area contributed by atoms with E-state index in [0.717, 1.165) is 23.4 Å². The van der Waals surface area contributed by atoms with E-state index in [2.05, 4.69) is 5.32 Å². The molecule has 1 aromatic rings. The molecule has 0 unspecified atom stereocenters. The highest BCUT2D eigenvalue weighted by atomic mass is 19.1. The first kappa shape index (κ1) is 7.35. The molecule has 1 heterocycles. The van der Waals surface area contributed by atoms with Crippen LogP contribution in [0.4, 0.5) is 10.1 Å². The minimum absolute atomic E-state index is 0.167. The lowest BCUT2D eigenvalue weighted by Gasteiger charge is -2.15. The second kappa shape index (κ2) is 2.63. The maximum atomic E-state index is 12.9. The zero-order valence-electron chi connectivity index (χ0n) is 6.89. The zero-order chi connectivity index (χ0) is 8.55. The molecule has 0 amide bonds. The van der Waals surface area contributed by atoms with E-state index in [-0.39, 0.29) is 5.82 Å². The second-order valence-electron chi connectivity index (χ2n) is 2.97. The predicted octanol–water partition coefficient (Wildman–Crippen LogP) is 2.57. The maximum absolute atomic E-state index is 12.9. The summed E-state index contributed by atoms with van der Waals surface area (Å²) in [7, 11) is 0. The number of rotatable bonds is 0. The van der Waals surface area contributed by atoms with Gasteiger partial charge in [0.15, 0.2) is 0 Å². The van der Waals surface area contributed by atoms with E-state index in [1.807, 2.05) is 19.1 Å². The summed E-state index contributed by atoms with van der Waals surface area (Å²) in [5, 5.41) is 3.20. The number of halogens is 1. The second-order valence-corrected chi connectivity index (χ2v) is 2.97. The first-order valence-electron chi connectivity index (χ1n) is 3.98. The van der Waals surface area contributed by atoms with Gasteiger partial charge in [0.25, 0.3) is 0 Å². The van der Waals surface area contributed by atoms with Gasteiger partial charge in [-0.15, -0.1) is 0 Å². The van der Waals surface area contributed by atoms with Crippen LogP contribution in [0, 0.1) is 12.7 Å². The number of anilines is 1. The zero-order valence-corrected chi connectivity index (χ0v) is 6.89. The van der Waals surface area contributed by atoms with Gasteiger partial charge in [-0.05, 0) is 24.6 Å². The SMILES string of the molecule is Cc1cc(F)cc2c1NCC=C2. The van der Waals surface area contributed by atoms with Crippen LogP contribution < -0.4 is 5.32 Å². The summed E-state index contributed by atoms with van der Waals surface area (Å²) in [6.45, 7) is 2.74. The largest absolute Gasteiger partial charge is 0.381 e. The summed E-state index contributed by atoms with van der Waals surface area (Å²) in [5.41, 5.74) is 2.96. The molecule has 0 aromatic heterocycles. The molecule has 0 saturated heterocycles. The van der Waals surface area contributed by atoms with Gasteiger partial charge in [-0.1, -0.05) is 12.2 Å². The van der Waals surface area contributed by atoms with Crippen molar-refractivity contribution < 1.29 is 4.39 Å². The monoisotopic (exact) mass is 163 g/mol. The molecule has 0 fully saturated rings. The first-order valence-corrected chi connectivity index (χ1v) is 3.98. The molecule has 0 radical (unpaired) electrons. The lowest BCUT2D eigenvalue weighted by atomic mass is 10.0. The quantitative estimate of drug-likeness (QED) is 0.619. The number of benzene rings is 1. The number of hydrogen-bond acceptors (Lipinski definition) is 1. The minimum Gasteiger partial charge on any atom is -0.381 e. The third kappa shape index (κ3) is 1.09. The molecule has 2 heteroatoms. The van der Waals surface area contributed by atoms with Gasteiger partial charge in [-0.2, -0.15) is 0 Å². The lowest BCUT2D eigenvalue weighted by molar-refractivity contribution is 0.626. The van der Waals surface area contributed by atoms with E-state index in [1.165, 1.54) is 0 Å². The third-order valence-corrected chi connectivity index (χ3v) is 2.02. The number of nitrogens with one attached hydrogen (secondary N) is 1. The van der Waals surface area contributed by atoms with Gasteiger partial charge < -0.3 is 5.32 Å². The van der Waals surface area contributed by atoms with Crippen LogP contribution in [-0.4, -0.2) is 6.54 Å². The van der Waals surface area contributed by atoms with Gasteiger partial charge in [0.05, 0.1) is 0 Å². The Hall–Kier alpha value is -1.31. The fourth-order valence-corrected chi connectivity index (χ4v) is 1.49. The van der Waals surface area contributed by atoms with Crippen molar-refractivity contribution in [2.45, 2.75) is 6.92 Å². The molecule has 0 saturated carbocycles. The van der Waals surface area contributed by atoms with Crippen LogP contribution in [0.25, 0.3) is 6.08 Å². The maximum Gasteiger partial charge on any atom is 0.124 e. The minimum atomic E-state index is -0.167. The molecule has 0 aliphatic carbocycles. The highest BCUT2D eigenvalue weighted by Gasteiger charge is 2.07. The van der Waals surface area contributed by atoms with Crippen LogP contribution in [-0.2, 0) is 0 Å². The molecule has 0 spiro atoms. The predicted molar refractivity (Wildman–Crippen MR) is 48.7 cm³/mol. The van der Waals surface area contributed by atoms with Crippen LogP contribution in [0.1, 0.15) is 11.1 Å². The number of aryl methyl sites for hydroxylation is 1. The molecule has 2 rings (SSSR count). The average Bonchev–Trinajstić information content (AvgIpc) is 2.04. The van der Waals surface area contributed by atoms with Crippen LogP contribution in [0.15, 0.2) is 18.2 Å². The van der Waals surface area contributed by atoms with Crippen molar-refractivity contribution in [3.63, 3.8) is 0 Å². The van der Waals surface area contributed by atoms with Crippen molar-refractivity contribution in [1.82, 2.24) is 0 Å². The summed E-state index contributed by atoms with van der Waals surface area (Å²) in [5.74, 6) is -0.167. The molecule has 1 aromatic carbocycles. The van der Waals surface area contributed by atoms with Crippen molar-refractivity contribution in [1.29, 1.82) is 0 Å². The fourth-order valence-electron chi connectivity index (χ4n) is 1.49. The summed E-state index contributed by atoms with van der Waals surface area (Å²) in [6, 6.07) is 3.09. The van der Waals surface area contributed by atoms with Crippen molar-refractivity contribution in [2.75, 3.05) is 11.9 Å². The van der Waals surface area contributed by atoms with Crippen LogP contribution in [0.3, 0.4) is 0 Å². The smallest absolute Gasteiger partial charge is 0.124 e. The number of fused-ring (bicyclic) bond motifs is 1. The topological polar surface area (TPSA) is 12.0 Å². The summed E-state index contributed by atoms with van der Waals surface area (Å²) in [4.78, 5) is 0. The van der Waals surface area contributed by atoms with Crippen LogP contribution >= 0.6 is 0 Å². The summed E-state index contributed by atoms with van der Waals surface area (Å²) in [6.07, 6.45) is 3.93. The Morgan fingerprint density at radius 3 is 3.08 bits per heavy atom. The van der Waals surface area contributed by atoms with Crippen LogP contribution in [0.5, 0.6) is 0 Å². The van der Waals surface area contributed by atoms with Gasteiger partial charge in [-0.3, -0.25) is 0 Å². The molecule has 1 nitrogen and oxygen atoms in total. The Bertz CT molecular complexity index is 342. The third-order valence-electron chi connectivity index (χ3n) is 2.02. The molecule has 12 heavy (non-hydrogen) atoms. The highest BCUT2D eigenvalue weighted by Crippen LogP contribution is 2.25. The fraction of sp³-hybridized carbons (Fsp3) is 0.200. The Morgan fingerprint density at radius 1 is 1.42 bits per heavy atom. The van der Waals surface area contributed by atoms with E-state index < -0.39 is 0 Å². The Kier molecular flexibility index (Phi) is 1.61. The summed E-state index contributed by atoms with van der Waals surface area (Å²) >= 11 is 0. The van der Waals surface area contributed by atoms with Crippen molar-refractivity contribution in [2.24, 2.45) is 0 Å². The molecular weight excluding hydrogens is 153 g/mol. The van der Waals surface area contributed by atoms with E-state index >= 15 is 0 Å². The first-order chi connectivity index (χ1) is 5.77. The van der Waals surface area contributed by atoms with Crippen molar-refractivity contribution >= 4 is 11.8 Å².